The van der Waals surface area contributed by atoms with Gasteiger partial charge in [0, 0.05) is 64.7 Å². The Kier molecular flexibility index (Phi) is 7.10. The summed E-state index contributed by atoms with van der Waals surface area (Å²) in [6.07, 6.45) is 10.7. The monoisotopic (exact) mass is 467 g/mol. The summed E-state index contributed by atoms with van der Waals surface area (Å²) in [6.45, 7) is 9.31. The van der Waals surface area contributed by atoms with Crippen molar-refractivity contribution in [3.05, 3.63) is 47.7 Å². The molecule has 0 amide bonds. The molecule has 1 aromatic heterocycles. The van der Waals surface area contributed by atoms with Gasteiger partial charge in [-0.05, 0) is 30.2 Å². The van der Waals surface area contributed by atoms with Crippen LogP contribution < -0.4 is 10.7 Å². The van der Waals surface area contributed by atoms with E-state index >= 15 is 0 Å². The molecular weight excluding hydrogens is 434 g/mol. The normalized spacial score (nSPS) is 29.5. The summed E-state index contributed by atoms with van der Waals surface area (Å²) in [7, 11) is 1.77. The first-order valence-electron chi connectivity index (χ1n) is 11.8. The Bertz CT molecular complexity index is 954. The highest BCUT2D eigenvalue weighted by molar-refractivity contribution is 8.15. The van der Waals surface area contributed by atoms with E-state index in [1.807, 2.05) is 12.4 Å². The lowest BCUT2D eigenvalue weighted by atomic mass is 9.89. The topological polar surface area (TPSA) is 77.4 Å². The highest BCUT2D eigenvalue weighted by atomic mass is 32.2. The van der Waals surface area contributed by atoms with Crippen LogP contribution >= 0.6 is 11.8 Å². The van der Waals surface area contributed by atoms with Crippen LogP contribution in [0.5, 0.6) is 0 Å². The third-order valence-corrected chi connectivity index (χ3v) is 7.79. The van der Waals surface area contributed by atoms with Gasteiger partial charge < -0.3 is 15.5 Å². The van der Waals surface area contributed by atoms with Crippen LogP contribution in [0.25, 0.3) is 0 Å². The summed E-state index contributed by atoms with van der Waals surface area (Å²) < 4.78 is 5.20. The molecule has 1 aliphatic carbocycles. The van der Waals surface area contributed by atoms with Gasteiger partial charge in [-0.3, -0.25) is 14.8 Å². The number of fused-ring (bicyclic) bond motifs is 1. The number of amidine groups is 1. The van der Waals surface area contributed by atoms with Gasteiger partial charge in [-0.25, -0.2) is 4.98 Å². The fourth-order valence-electron chi connectivity index (χ4n) is 4.69. The second-order valence-electron chi connectivity index (χ2n) is 9.04. The van der Waals surface area contributed by atoms with Gasteiger partial charge in [0.2, 0.25) is 0 Å². The van der Waals surface area contributed by atoms with E-state index in [-0.39, 0.29) is 6.04 Å². The molecule has 9 heteroatoms. The van der Waals surface area contributed by atoms with Crippen LogP contribution in [0.2, 0.25) is 0 Å². The summed E-state index contributed by atoms with van der Waals surface area (Å²) in [5, 5.41) is 8.95. The van der Waals surface area contributed by atoms with Gasteiger partial charge in [0.15, 0.2) is 5.17 Å². The second kappa shape index (κ2) is 10.4. The van der Waals surface area contributed by atoms with E-state index in [9.17, 15) is 0 Å². The molecule has 33 heavy (non-hydrogen) atoms. The van der Waals surface area contributed by atoms with Crippen molar-refractivity contribution in [2.24, 2.45) is 16.0 Å². The molecule has 4 heterocycles. The maximum atomic E-state index is 5.20. The number of thioether (sulfide) groups is 1. The van der Waals surface area contributed by atoms with Gasteiger partial charge in [-0.2, -0.15) is 5.10 Å². The predicted octanol–water partition coefficient (Wildman–Crippen LogP) is 2.19. The summed E-state index contributed by atoms with van der Waals surface area (Å²) in [5.41, 5.74) is 5.74. The zero-order chi connectivity index (χ0) is 22.6. The lowest BCUT2D eigenvalue weighted by Crippen LogP contribution is -2.46. The number of hydrogen-bond acceptors (Lipinski definition) is 9. The Hall–Kier alpha value is -2.20. The first-order chi connectivity index (χ1) is 16.2. The standard InChI is InChI=1S/C24H33N7OS/c1-17-20(15-26-29-17)19-3-4-21-22(14-19)33-24(27-21)28-23-13-18(5-6-25-23)16-31-9-7-30(8-10-31)11-12-32-2/h3-6,13-15,17,20-22,29H,7-12,16H2,1-2H3,(H,25,27,28). The maximum Gasteiger partial charge on any atom is 0.163 e. The molecule has 4 unspecified atom stereocenters. The third-order valence-electron chi connectivity index (χ3n) is 6.67. The van der Waals surface area contributed by atoms with Crippen LogP contribution in [-0.4, -0.2) is 89.9 Å². The van der Waals surface area contributed by atoms with Crippen LogP contribution in [0.15, 0.2) is 52.2 Å². The molecule has 1 fully saturated rings. The average molecular weight is 468 g/mol. The van der Waals surface area contributed by atoms with E-state index < -0.39 is 0 Å². The molecule has 4 atom stereocenters. The Morgan fingerprint density at radius 2 is 2.09 bits per heavy atom. The van der Waals surface area contributed by atoms with Crippen molar-refractivity contribution in [2.75, 3.05) is 51.8 Å². The Balaban J connectivity index is 1.15. The van der Waals surface area contributed by atoms with E-state index in [1.165, 1.54) is 11.1 Å². The van der Waals surface area contributed by atoms with E-state index in [0.717, 1.165) is 56.9 Å². The first kappa shape index (κ1) is 22.6. The summed E-state index contributed by atoms with van der Waals surface area (Å²) in [5.74, 6) is 1.20. The highest BCUT2D eigenvalue weighted by Gasteiger charge is 2.32. The lowest BCUT2D eigenvalue weighted by Gasteiger charge is -2.34. The van der Waals surface area contributed by atoms with E-state index in [4.69, 9.17) is 9.73 Å². The van der Waals surface area contributed by atoms with Gasteiger partial charge in [0.05, 0.1) is 23.9 Å². The highest BCUT2D eigenvalue weighted by Crippen LogP contribution is 2.35. The van der Waals surface area contributed by atoms with Crippen molar-refractivity contribution < 1.29 is 4.74 Å². The van der Waals surface area contributed by atoms with E-state index in [0.29, 0.717) is 17.2 Å². The Labute approximate surface area is 200 Å². The predicted molar refractivity (Wildman–Crippen MR) is 136 cm³/mol. The van der Waals surface area contributed by atoms with Crippen molar-refractivity contribution in [1.29, 1.82) is 0 Å². The van der Waals surface area contributed by atoms with Crippen LogP contribution in [0.4, 0.5) is 5.82 Å². The van der Waals surface area contributed by atoms with Crippen LogP contribution in [0, 0.1) is 5.92 Å². The van der Waals surface area contributed by atoms with Gasteiger partial charge >= 0.3 is 0 Å². The molecule has 0 aromatic carbocycles. The molecule has 176 valence electrons. The number of hydrazone groups is 1. The summed E-state index contributed by atoms with van der Waals surface area (Å²) in [4.78, 5) is 14.4. The molecule has 0 saturated carbocycles. The average Bonchev–Trinajstić information content (AvgIpc) is 3.43. The van der Waals surface area contributed by atoms with Crippen molar-refractivity contribution in [2.45, 2.75) is 30.8 Å². The minimum atomic E-state index is 0.181. The second-order valence-corrected chi connectivity index (χ2v) is 10.2. The number of aromatic nitrogens is 1. The molecule has 3 aliphatic heterocycles. The number of aliphatic imine (C=N–C) groups is 1. The van der Waals surface area contributed by atoms with Gasteiger partial charge in [-0.1, -0.05) is 30.0 Å². The summed E-state index contributed by atoms with van der Waals surface area (Å²) >= 11 is 1.78. The molecule has 2 N–H and O–H groups in total. The van der Waals surface area contributed by atoms with Crippen molar-refractivity contribution >= 4 is 29.0 Å². The summed E-state index contributed by atoms with van der Waals surface area (Å²) in [6, 6.07) is 4.78. The van der Waals surface area contributed by atoms with Gasteiger partial charge in [0.25, 0.3) is 0 Å². The molecule has 4 aliphatic rings. The maximum absolute atomic E-state index is 5.20. The number of ether oxygens (including phenoxy) is 1. The number of nitrogens with one attached hydrogen (secondary N) is 2. The number of hydrogen-bond donors (Lipinski definition) is 2. The number of methoxy groups -OCH3 is 1. The molecule has 0 radical (unpaired) electrons. The van der Waals surface area contributed by atoms with Gasteiger partial charge in [0.1, 0.15) is 5.82 Å². The Morgan fingerprint density at radius 1 is 1.24 bits per heavy atom. The number of anilines is 1. The van der Waals surface area contributed by atoms with Gasteiger partial charge in [-0.15, -0.1) is 0 Å². The van der Waals surface area contributed by atoms with Crippen LogP contribution in [0.3, 0.4) is 0 Å². The molecule has 5 rings (SSSR count). The minimum absolute atomic E-state index is 0.181. The van der Waals surface area contributed by atoms with Crippen molar-refractivity contribution in [3.63, 3.8) is 0 Å². The van der Waals surface area contributed by atoms with Crippen molar-refractivity contribution in [3.8, 4) is 0 Å². The van der Waals surface area contributed by atoms with Crippen molar-refractivity contribution in [1.82, 2.24) is 20.2 Å². The fourth-order valence-corrected chi connectivity index (χ4v) is 5.81. The lowest BCUT2D eigenvalue weighted by molar-refractivity contribution is 0.0938. The first-order valence-corrected chi connectivity index (χ1v) is 12.6. The van der Waals surface area contributed by atoms with E-state index in [1.54, 1.807) is 18.9 Å². The Morgan fingerprint density at radius 3 is 2.88 bits per heavy atom. The number of nitrogens with zero attached hydrogens (tertiary/aromatic N) is 5. The largest absolute Gasteiger partial charge is 0.383 e. The zero-order valence-electron chi connectivity index (χ0n) is 19.4. The molecule has 1 saturated heterocycles. The number of piperazine rings is 1. The molecule has 0 bridgehead atoms. The minimum Gasteiger partial charge on any atom is -0.383 e. The molecule has 0 spiro atoms. The number of rotatable bonds is 7. The van der Waals surface area contributed by atoms with Crippen LogP contribution in [-0.2, 0) is 11.3 Å². The van der Waals surface area contributed by atoms with E-state index in [2.05, 4.69) is 67.9 Å². The fraction of sp³-hybridized carbons (Fsp3) is 0.542. The molecule has 8 nitrogen and oxygen atoms in total. The number of pyridine rings is 1. The number of allylic oxidation sites excluding steroid dienone is 1. The van der Waals surface area contributed by atoms with Crippen LogP contribution in [0.1, 0.15) is 12.5 Å². The SMILES string of the molecule is COCCN1CCN(Cc2ccnc(NC3=NC4C=CC(C5C=NNC5C)=CC4S3)c2)CC1. The quantitative estimate of drug-likeness (QED) is 0.637. The zero-order valence-corrected chi connectivity index (χ0v) is 20.2. The third kappa shape index (κ3) is 5.48. The molecular formula is C24H33N7OS. The smallest absolute Gasteiger partial charge is 0.163 e. The molecule has 1 aromatic rings.